The summed E-state index contributed by atoms with van der Waals surface area (Å²) in [6.07, 6.45) is 0. The van der Waals surface area contributed by atoms with Gasteiger partial charge in [-0.2, -0.15) is 0 Å². The molecule has 2 aliphatic heterocycles. The summed E-state index contributed by atoms with van der Waals surface area (Å²) >= 11 is 0. The number of carbonyl (C=O) groups excluding carboxylic acids is 1. The van der Waals surface area contributed by atoms with Gasteiger partial charge >= 0.3 is 6.03 Å². The first kappa shape index (κ1) is 14.0. The molecule has 0 aliphatic carbocycles. The van der Waals surface area contributed by atoms with Crippen molar-refractivity contribution in [3.05, 3.63) is 24.3 Å². The quantitative estimate of drug-likeness (QED) is 0.779. The molecule has 6 heteroatoms. The Kier molecular flexibility index (Phi) is 4.15. The number of urea groups is 1. The number of nitrogens with two attached hydrogens (primary N) is 1. The van der Waals surface area contributed by atoms with Gasteiger partial charge in [-0.15, -0.1) is 0 Å². The van der Waals surface area contributed by atoms with Gasteiger partial charge in [0.05, 0.1) is 13.2 Å². The first-order chi connectivity index (χ1) is 10.2. The summed E-state index contributed by atoms with van der Waals surface area (Å²) in [5, 5.41) is 0. The molecule has 0 spiro atoms. The highest BCUT2D eigenvalue weighted by Gasteiger charge is 2.26. The minimum atomic E-state index is 0.148. The SMILES string of the molecule is Nc1ccc(N2CCN(C(=O)N3CCOCC3)CC2)cc1. The second-order valence-corrected chi connectivity index (χ2v) is 5.45. The minimum Gasteiger partial charge on any atom is -0.399 e. The Hall–Kier alpha value is -1.95. The maximum Gasteiger partial charge on any atom is 0.320 e. The Labute approximate surface area is 125 Å². The fourth-order valence-electron chi connectivity index (χ4n) is 2.80. The van der Waals surface area contributed by atoms with E-state index < -0.39 is 0 Å². The molecule has 6 nitrogen and oxygen atoms in total. The molecular formula is C15H22N4O2. The van der Waals surface area contributed by atoms with Crippen molar-refractivity contribution in [1.82, 2.24) is 9.80 Å². The molecule has 1 aromatic carbocycles. The highest BCUT2D eigenvalue weighted by molar-refractivity contribution is 5.75. The maximum absolute atomic E-state index is 12.4. The standard InChI is InChI=1S/C15H22N4O2/c16-13-1-3-14(4-2-13)17-5-7-18(8-6-17)15(20)19-9-11-21-12-10-19/h1-4H,5-12,16H2. The summed E-state index contributed by atoms with van der Waals surface area (Å²) in [6, 6.07) is 8.06. The molecule has 114 valence electrons. The molecule has 0 bridgehead atoms. The average Bonchev–Trinajstić information content (AvgIpc) is 2.56. The van der Waals surface area contributed by atoms with Crippen LogP contribution in [0.5, 0.6) is 0 Å². The Balaban J connectivity index is 1.54. The molecule has 21 heavy (non-hydrogen) atoms. The van der Waals surface area contributed by atoms with Crippen LogP contribution in [0, 0.1) is 0 Å². The van der Waals surface area contributed by atoms with Crippen LogP contribution in [0.4, 0.5) is 16.2 Å². The Morgan fingerprint density at radius 2 is 1.48 bits per heavy atom. The lowest BCUT2D eigenvalue weighted by atomic mass is 10.2. The zero-order valence-corrected chi connectivity index (χ0v) is 12.2. The van der Waals surface area contributed by atoms with E-state index in [-0.39, 0.29) is 6.03 Å². The Bertz CT molecular complexity index is 477. The third-order valence-corrected chi connectivity index (χ3v) is 4.09. The van der Waals surface area contributed by atoms with Crippen LogP contribution in [0.3, 0.4) is 0 Å². The normalized spacial score (nSPS) is 19.7. The largest absolute Gasteiger partial charge is 0.399 e. The molecule has 2 heterocycles. The molecule has 0 unspecified atom stereocenters. The lowest BCUT2D eigenvalue weighted by Gasteiger charge is -2.39. The van der Waals surface area contributed by atoms with Gasteiger partial charge in [0.25, 0.3) is 0 Å². The summed E-state index contributed by atoms with van der Waals surface area (Å²) in [6.45, 7) is 5.96. The first-order valence-corrected chi connectivity index (χ1v) is 7.46. The van der Waals surface area contributed by atoms with Crippen molar-refractivity contribution in [2.75, 3.05) is 63.1 Å². The van der Waals surface area contributed by atoms with Gasteiger partial charge in [-0.1, -0.05) is 0 Å². The molecule has 0 aromatic heterocycles. The summed E-state index contributed by atoms with van der Waals surface area (Å²) in [4.78, 5) is 18.5. The lowest BCUT2D eigenvalue weighted by Crippen LogP contribution is -2.54. The molecular weight excluding hydrogens is 268 g/mol. The Morgan fingerprint density at radius 1 is 0.905 bits per heavy atom. The van der Waals surface area contributed by atoms with Crippen molar-refractivity contribution in [1.29, 1.82) is 0 Å². The van der Waals surface area contributed by atoms with Crippen LogP contribution >= 0.6 is 0 Å². The number of carbonyl (C=O) groups is 1. The number of ether oxygens (including phenoxy) is 1. The van der Waals surface area contributed by atoms with Crippen molar-refractivity contribution in [3.8, 4) is 0 Å². The number of rotatable bonds is 1. The van der Waals surface area contributed by atoms with E-state index in [0.717, 1.165) is 31.9 Å². The zero-order valence-electron chi connectivity index (χ0n) is 12.2. The number of hydrogen-bond acceptors (Lipinski definition) is 4. The number of hydrogen-bond donors (Lipinski definition) is 1. The summed E-state index contributed by atoms with van der Waals surface area (Å²) in [7, 11) is 0. The number of nitrogen functional groups attached to an aromatic ring is 1. The summed E-state index contributed by atoms with van der Waals surface area (Å²) in [5.41, 5.74) is 7.66. The van der Waals surface area contributed by atoms with Crippen molar-refractivity contribution >= 4 is 17.4 Å². The smallest absolute Gasteiger partial charge is 0.320 e. The third kappa shape index (κ3) is 3.21. The number of piperazine rings is 1. The van der Waals surface area contributed by atoms with Crippen molar-refractivity contribution in [2.45, 2.75) is 0 Å². The second kappa shape index (κ2) is 6.22. The maximum atomic E-state index is 12.4. The van der Waals surface area contributed by atoms with Crippen molar-refractivity contribution in [3.63, 3.8) is 0 Å². The van der Waals surface area contributed by atoms with Crippen LogP contribution in [-0.2, 0) is 4.74 Å². The van der Waals surface area contributed by atoms with E-state index in [1.54, 1.807) is 0 Å². The van der Waals surface area contributed by atoms with Gasteiger partial charge < -0.3 is 25.2 Å². The first-order valence-electron chi connectivity index (χ1n) is 7.46. The van der Waals surface area contributed by atoms with E-state index >= 15 is 0 Å². The van der Waals surface area contributed by atoms with Gasteiger partial charge in [0, 0.05) is 50.6 Å². The zero-order chi connectivity index (χ0) is 14.7. The van der Waals surface area contributed by atoms with Crippen LogP contribution in [0.25, 0.3) is 0 Å². The van der Waals surface area contributed by atoms with E-state index in [0.29, 0.717) is 26.3 Å². The number of morpholine rings is 1. The monoisotopic (exact) mass is 290 g/mol. The number of benzene rings is 1. The van der Waals surface area contributed by atoms with Gasteiger partial charge in [-0.3, -0.25) is 0 Å². The molecule has 2 saturated heterocycles. The highest BCUT2D eigenvalue weighted by atomic mass is 16.5. The highest BCUT2D eigenvalue weighted by Crippen LogP contribution is 2.18. The minimum absolute atomic E-state index is 0.148. The molecule has 0 atom stereocenters. The fourth-order valence-corrected chi connectivity index (χ4v) is 2.80. The molecule has 2 N–H and O–H groups in total. The summed E-state index contributed by atoms with van der Waals surface area (Å²) in [5.74, 6) is 0. The topological polar surface area (TPSA) is 62.0 Å². The van der Waals surface area contributed by atoms with Crippen LogP contribution < -0.4 is 10.6 Å². The predicted molar refractivity (Wildman–Crippen MR) is 82.4 cm³/mol. The third-order valence-electron chi connectivity index (χ3n) is 4.09. The van der Waals surface area contributed by atoms with E-state index in [2.05, 4.69) is 4.90 Å². The van der Waals surface area contributed by atoms with Crippen LogP contribution in [0.1, 0.15) is 0 Å². The molecule has 2 amide bonds. The van der Waals surface area contributed by atoms with Gasteiger partial charge in [-0.25, -0.2) is 4.79 Å². The van der Waals surface area contributed by atoms with Gasteiger partial charge in [-0.05, 0) is 24.3 Å². The van der Waals surface area contributed by atoms with Gasteiger partial charge in [0.15, 0.2) is 0 Å². The molecule has 0 radical (unpaired) electrons. The van der Waals surface area contributed by atoms with Crippen LogP contribution in [0.2, 0.25) is 0 Å². The van der Waals surface area contributed by atoms with Crippen LogP contribution in [0.15, 0.2) is 24.3 Å². The van der Waals surface area contributed by atoms with E-state index in [1.165, 1.54) is 5.69 Å². The lowest BCUT2D eigenvalue weighted by molar-refractivity contribution is 0.0428. The second-order valence-electron chi connectivity index (χ2n) is 5.45. The Morgan fingerprint density at radius 3 is 2.10 bits per heavy atom. The van der Waals surface area contributed by atoms with Crippen LogP contribution in [-0.4, -0.2) is 68.3 Å². The van der Waals surface area contributed by atoms with E-state index in [1.807, 2.05) is 34.1 Å². The number of nitrogens with zero attached hydrogens (tertiary/aromatic N) is 3. The van der Waals surface area contributed by atoms with E-state index in [9.17, 15) is 4.79 Å². The molecule has 0 saturated carbocycles. The summed E-state index contributed by atoms with van der Waals surface area (Å²) < 4.78 is 5.29. The van der Waals surface area contributed by atoms with Gasteiger partial charge in [0.2, 0.25) is 0 Å². The molecule has 2 fully saturated rings. The molecule has 2 aliphatic rings. The van der Waals surface area contributed by atoms with Crippen molar-refractivity contribution in [2.24, 2.45) is 0 Å². The number of amides is 2. The molecule has 3 rings (SSSR count). The van der Waals surface area contributed by atoms with Gasteiger partial charge in [0.1, 0.15) is 0 Å². The predicted octanol–water partition coefficient (Wildman–Crippen LogP) is 0.843. The molecule has 1 aromatic rings. The average molecular weight is 290 g/mol. The number of anilines is 2. The fraction of sp³-hybridized carbons (Fsp3) is 0.533. The van der Waals surface area contributed by atoms with Crippen molar-refractivity contribution < 1.29 is 9.53 Å². The van der Waals surface area contributed by atoms with E-state index in [4.69, 9.17) is 10.5 Å².